The van der Waals surface area contributed by atoms with Crippen LogP contribution in [0.4, 0.5) is 5.95 Å². The number of rotatable bonds is 27. The quantitative estimate of drug-likeness (QED) is 0.0236. The second-order valence-corrected chi connectivity index (χ2v) is 35.7. The molecule has 127 heavy (non-hydrogen) atoms. The Labute approximate surface area is 751 Å². The minimum Gasteiger partial charge on any atom is -0.492 e. The van der Waals surface area contributed by atoms with Crippen molar-refractivity contribution in [3.05, 3.63) is 307 Å². The average Bonchev–Trinajstić information content (AvgIpc) is 1.71. The van der Waals surface area contributed by atoms with Gasteiger partial charge in [0.15, 0.2) is 51.6 Å². The first-order chi connectivity index (χ1) is 60.7. The summed E-state index contributed by atoms with van der Waals surface area (Å²) in [5, 5.41) is 16.1. The largest absolute Gasteiger partial charge is 0.492 e. The highest BCUT2D eigenvalue weighted by molar-refractivity contribution is 6.31. The first-order valence-corrected chi connectivity index (χ1v) is 43.7. The molecule has 0 fully saturated rings. The minimum atomic E-state index is -0.240. The van der Waals surface area contributed by atoms with Crippen LogP contribution in [0.5, 0.6) is 17.2 Å². The summed E-state index contributed by atoms with van der Waals surface area (Å²) in [6, 6.07) is 52.6. The summed E-state index contributed by atoms with van der Waals surface area (Å²) in [6.45, 7) is 31.6. The summed E-state index contributed by atoms with van der Waals surface area (Å²) in [6.07, 6.45) is 14.6. The van der Waals surface area contributed by atoms with Gasteiger partial charge in [0.1, 0.15) is 35.6 Å². The molecule has 0 saturated heterocycles. The molecule has 0 unspecified atom stereocenters. The van der Waals surface area contributed by atoms with Crippen LogP contribution in [0.25, 0.3) is 68.1 Å². The van der Waals surface area contributed by atoms with Crippen LogP contribution in [0.15, 0.2) is 202 Å². The molecule has 0 aliphatic rings. The molecule has 0 bridgehead atoms. The lowest BCUT2D eigenvalue weighted by Gasteiger charge is -2.19. The minimum absolute atomic E-state index is 0.0621. The van der Waals surface area contributed by atoms with E-state index in [0.717, 1.165) is 136 Å². The van der Waals surface area contributed by atoms with E-state index >= 15 is 0 Å². The van der Waals surface area contributed by atoms with E-state index < -0.39 is 0 Å². The maximum absolute atomic E-state index is 12.0. The van der Waals surface area contributed by atoms with E-state index in [2.05, 4.69) is 183 Å². The zero-order valence-electron chi connectivity index (χ0n) is 74.1. The number of aromatic nitrogens is 19. The molecule has 10 aromatic heterocycles. The summed E-state index contributed by atoms with van der Waals surface area (Å²) in [5.74, 6) is 7.47. The number of nitrogens with one attached hydrogen (secondary N) is 5. The van der Waals surface area contributed by atoms with E-state index in [1.54, 1.807) is 36.7 Å². The monoisotopic (exact) mass is 1770 g/mol. The van der Waals surface area contributed by atoms with Crippen molar-refractivity contribution in [1.82, 2.24) is 93.3 Å². The third-order valence-corrected chi connectivity index (χ3v) is 22.4. The van der Waals surface area contributed by atoms with Gasteiger partial charge in [-0.25, -0.2) is 62.9 Å². The maximum atomic E-state index is 12.0. The molecule has 0 aliphatic heterocycles. The van der Waals surface area contributed by atoms with Crippen molar-refractivity contribution in [2.45, 2.75) is 184 Å². The van der Waals surface area contributed by atoms with Gasteiger partial charge in [-0.1, -0.05) is 207 Å². The number of aromatic amines is 4. The molecule has 16 rings (SSSR count). The van der Waals surface area contributed by atoms with Crippen molar-refractivity contribution in [2.24, 2.45) is 0 Å². The molecule has 0 atom stereocenters. The zero-order chi connectivity index (χ0) is 90.3. The van der Waals surface area contributed by atoms with Crippen molar-refractivity contribution in [3.8, 4) is 62.8 Å². The summed E-state index contributed by atoms with van der Waals surface area (Å²) in [7, 11) is 0. The molecular weight excluding hydrogens is 1660 g/mol. The Balaban J connectivity index is 0.000000145. The highest BCUT2D eigenvalue weighted by atomic mass is 35.5. The lowest BCUT2D eigenvalue weighted by atomic mass is 9.86. The van der Waals surface area contributed by atoms with Gasteiger partial charge < -0.3 is 19.5 Å². The fourth-order valence-corrected chi connectivity index (χ4v) is 14.4. The molecule has 0 spiro atoms. The molecule has 0 amide bonds. The van der Waals surface area contributed by atoms with Crippen LogP contribution in [0.3, 0.4) is 0 Å². The number of nitrogens with zero attached hydrogens (tertiary/aromatic N) is 15. The molecule has 16 aromatic rings. The second kappa shape index (κ2) is 41.0. The molecule has 10 heterocycles. The van der Waals surface area contributed by atoms with Crippen LogP contribution < -0.4 is 41.8 Å². The van der Waals surface area contributed by atoms with Gasteiger partial charge in [0.05, 0.1) is 37.8 Å². The fraction of sp³-hybridized carbons (Fsp3) is 0.330. The molecule has 0 radical (unpaired) electrons. The van der Waals surface area contributed by atoms with Crippen molar-refractivity contribution in [3.63, 3.8) is 0 Å². The topological polar surface area (TPSA) is 331 Å². The van der Waals surface area contributed by atoms with E-state index in [9.17, 15) is 19.2 Å². The van der Waals surface area contributed by atoms with E-state index in [1.165, 1.54) is 52.1 Å². The van der Waals surface area contributed by atoms with E-state index in [-0.39, 0.29) is 43.8 Å². The number of ether oxygens (including phenoxy) is 3. The number of hydrogen-bond acceptors (Lipinski definition) is 19. The van der Waals surface area contributed by atoms with Gasteiger partial charge in [-0.05, 0) is 177 Å². The van der Waals surface area contributed by atoms with Gasteiger partial charge in [-0.3, -0.25) is 44.6 Å². The maximum Gasteiger partial charge on any atom is 0.266 e. The van der Waals surface area contributed by atoms with Gasteiger partial charge in [0.25, 0.3) is 22.2 Å². The Morgan fingerprint density at radius 2 is 0.748 bits per heavy atom. The lowest BCUT2D eigenvalue weighted by Crippen LogP contribution is -2.16. The van der Waals surface area contributed by atoms with E-state index in [0.29, 0.717) is 102 Å². The van der Waals surface area contributed by atoms with Crippen molar-refractivity contribution in [1.29, 1.82) is 0 Å². The summed E-state index contributed by atoms with van der Waals surface area (Å²) >= 11 is 17.8. The van der Waals surface area contributed by atoms with E-state index in [4.69, 9.17) is 64.0 Å². The SMILES string of the molecule is CC(C)(C)c1ccc(-c2nc(CCCCOc3cnc(Cl)nc3)n3[nH]c(=O)cc3n2)cc1.Cc1cc(OCCNc2nc(-c3ccc(C(C)(C)C)cc3)nc3cc(=O)[nH]n23)ccc1Cl.Cc1ccc(-c2nc(CCCCCc3ccc(Cl)c(C)c3)n3[nH]c(=O)cc3n2)cc1.Cc1ccnc(C)c1OCCCCc1nc(-c2ccc(C(C)(C)C)cc2)nc2cc(=O)[nH]n12. The Morgan fingerprint density at radius 3 is 1.18 bits per heavy atom. The highest BCUT2D eigenvalue weighted by Crippen LogP contribution is 2.31. The number of H-pyrrole nitrogens is 4. The van der Waals surface area contributed by atoms with E-state index in [1.807, 2.05) is 119 Å². The predicted octanol–water partition coefficient (Wildman–Crippen LogP) is 19.2. The Hall–Kier alpha value is -13.0. The number of fused-ring (bicyclic) bond motifs is 4. The van der Waals surface area contributed by atoms with Crippen molar-refractivity contribution in [2.75, 3.05) is 31.7 Å². The van der Waals surface area contributed by atoms with Gasteiger partial charge >= 0.3 is 0 Å². The second-order valence-electron chi connectivity index (χ2n) is 34.5. The molecule has 27 nitrogen and oxygen atoms in total. The summed E-state index contributed by atoms with van der Waals surface area (Å²) in [4.78, 5) is 97.0. The van der Waals surface area contributed by atoms with Gasteiger partial charge in [0.2, 0.25) is 11.2 Å². The smallest absolute Gasteiger partial charge is 0.266 e. The standard InChI is InChI=1S/C26H31N5O2.C24H26ClN5O2.C24H25ClN4O.C23H25ClN6O2/c1-17-13-14-27-18(2)24(17)33-15-7-6-8-21-28-25(29-22-16-23(32)30-31(21)22)19-9-11-20(12-10-19)26(3,4)5;1-15-13-18(9-10-19(15)25)32-12-11-26-23-28-22(27-20-14-21(31)29-30(20)23)16-5-7-17(8-6-16)24(2,3)4;1-16-8-11-19(12-9-16)24-26-21(29-22(27-24)15-23(30)28-29)7-5-3-4-6-18-10-13-20(25)17(2)14-18;1-23(2,3)16-9-7-15(8-10-16)21-27-18(30-19(28-21)12-20(31)29-30)6-4-5-11-32-17-13-25-22(24)26-14-17/h9-14,16H,6-8,15H2,1-5H3,(H,30,32);5-10,13-14H,11-12H2,1-4H3,(H,29,31)(H,26,27,28);8-15H,3-7H2,1-2H3,(H,28,30);7-10,12-14H,4-6,11H2,1-3H3,(H,29,31). The van der Waals surface area contributed by atoms with Gasteiger partial charge in [0, 0.05) is 82.0 Å². The highest BCUT2D eigenvalue weighted by Gasteiger charge is 2.21. The number of halogens is 3. The van der Waals surface area contributed by atoms with Crippen LogP contribution in [-0.2, 0) is 41.9 Å². The van der Waals surface area contributed by atoms with Crippen LogP contribution in [-0.4, -0.2) is 120 Å². The number of benzene rings is 6. The molecular formula is C97H107Cl3N20O7. The predicted molar refractivity (Wildman–Crippen MR) is 502 cm³/mol. The van der Waals surface area contributed by atoms with Crippen molar-refractivity contribution < 1.29 is 14.2 Å². The number of unbranched alkanes of at least 4 members (excludes halogenated alkanes) is 4. The summed E-state index contributed by atoms with van der Waals surface area (Å²) in [5.41, 5.74) is 15.7. The average molecular weight is 1770 g/mol. The Bertz CT molecular complexity index is 6700. The fourth-order valence-electron chi connectivity index (χ4n) is 14.1. The number of hydrogen-bond donors (Lipinski definition) is 5. The number of anilines is 1. The third kappa shape index (κ3) is 24.6. The van der Waals surface area contributed by atoms with Crippen LogP contribution >= 0.6 is 34.8 Å². The van der Waals surface area contributed by atoms with Crippen LogP contribution in [0, 0.1) is 34.6 Å². The molecule has 30 heteroatoms. The molecule has 0 saturated carbocycles. The van der Waals surface area contributed by atoms with Crippen molar-refractivity contribution >= 4 is 63.3 Å². The first kappa shape index (κ1) is 91.7. The summed E-state index contributed by atoms with van der Waals surface area (Å²) < 4.78 is 24.0. The Morgan fingerprint density at radius 1 is 0.362 bits per heavy atom. The van der Waals surface area contributed by atoms with Crippen LogP contribution in [0.1, 0.15) is 175 Å². The van der Waals surface area contributed by atoms with Crippen LogP contribution in [0.2, 0.25) is 15.3 Å². The van der Waals surface area contributed by atoms with Gasteiger partial charge in [-0.15, -0.1) is 0 Å². The zero-order valence-corrected chi connectivity index (χ0v) is 76.4. The van der Waals surface area contributed by atoms with Gasteiger partial charge in [-0.2, -0.15) is 4.98 Å². The first-order valence-electron chi connectivity index (χ1n) is 42.6. The number of pyridine rings is 1. The molecule has 6 aromatic carbocycles. The Kier molecular flexibility index (Phi) is 29.6. The normalized spacial score (nSPS) is 11.6. The molecule has 5 N–H and O–H groups in total. The third-order valence-electron chi connectivity index (χ3n) is 21.3. The number of aryl methyl sites for hydroxylation is 9. The molecule has 658 valence electrons. The lowest BCUT2D eigenvalue weighted by molar-refractivity contribution is 0.301. The molecule has 0 aliphatic carbocycles.